The Labute approximate surface area is 168 Å². The van der Waals surface area contributed by atoms with Gasteiger partial charge in [0.15, 0.2) is 5.65 Å². The fraction of sp³-hybridized carbons (Fsp3) is 0.286. The summed E-state index contributed by atoms with van der Waals surface area (Å²) in [4.78, 5) is 0. The fourth-order valence-corrected chi connectivity index (χ4v) is 3.56. The van der Waals surface area contributed by atoms with Crippen molar-refractivity contribution in [3.05, 3.63) is 59.9 Å². The molecule has 8 heteroatoms. The van der Waals surface area contributed by atoms with Crippen LogP contribution in [-0.2, 0) is 6.54 Å². The molecule has 0 atom stereocenters. The molecule has 0 aliphatic rings. The molecule has 0 unspecified atom stereocenters. The summed E-state index contributed by atoms with van der Waals surface area (Å²) in [6.07, 6.45) is 3.50. The van der Waals surface area contributed by atoms with Gasteiger partial charge in [-0.1, -0.05) is 6.07 Å². The lowest BCUT2D eigenvalue weighted by Gasteiger charge is -2.14. The number of halogens is 1. The van der Waals surface area contributed by atoms with Gasteiger partial charge < -0.3 is 10.1 Å². The fourth-order valence-electron chi connectivity index (χ4n) is 3.56. The first-order valence-electron chi connectivity index (χ1n) is 9.43. The summed E-state index contributed by atoms with van der Waals surface area (Å²) < 4.78 is 23.3. The largest absolute Gasteiger partial charge is 0.496 e. The maximum Gasteiger partial charge on any atom is 0.170 e. The Balaban J connectivity index is 1.69. The molecule has 0 fully saturated rings. The van der Waals surface area contributed by atoms with Crippen molar-refractivity contribution in [2.45, 2.75) is 33.4 Å². The van der Waals surface area contributed by atoms with E-state index in [-0.39, 0.29) is 18.4 Å². The topological polar surface area (TPSA) is 69.3 Å². The van der Waals surface area contributed by atoms with Crippen LogP contribution in [0.15, 0.2) is 42.9 Å². The minimum absolute atomic E-state index is 0.271. The molecule has 0 saturated heterocycles. The number of methoxy groups -OCH3 is 1. The molecule has 0 bridgehead atoms. The SMILES string of the molecule is COc1cccc(F)c1CNc1ccc(-c2cnn(C(C)C)c2C)c2nncn12. The van der Waals surface area contributed by atoms with Crippen molar-refractivity contribution < 1.29 is 9.13 Å². The van der Waals surface area contributed by atoms with E-state index in [9.17, 15) is 4.39 Å². The average molecular weight is 394 g/mol. The molecule has 4 rings (SSSR count). The molecule has 29 heavy (non-hydrogen) atoms. The van der Waals surface area contributed by atoms with Gasteiger partial charge >= 0.3 is 0 Å². The van der Waals surface area contributed by atoms with E-state index >= 15 is 0 Å². The van der Waals surface area contributed by atoms with Gasteiger partial charge in [0.1, 0.15) is 23.7 Å². The average Bonchev–Trinajstić information content (AvgIpc) is 3.34. The van der Waals surface area contributed by atoms with Crippen molar-refractivity contribution in [2.24, 2.45) is 0 Å². The van der Waals surface area contributed by atoms with E-state index in [1.165, 1.54) is 13.2 Å². The van der Waals surface area contributed by atoms with Crippen molar-refractivity contribution in [1.82, 2.24) is 24.4 Å². The molecular formula is C21H23FN6O. The van der Waals surface area contributed by atoms with Gasteiger partial charge in [0.25, 0.3) is 0 Å². The number of fused-ring (bicyclic) bond motifs is 1. The zero-order chi connectivity index (χ0) is 20.5. The highest BCUT2D eigenvalue weighted by Gasteiger charge is 2.16. The van der Waals surface area contributed by atoms with Crippen LogP contribution in [0.5, 0.6) is 5.75 Å². The highest BCUT2D eigenvalue weighted by molar-refractivity contribution is 5.80. The molecule has 3 heterocycles. The van der Waals surface area contributed by atoms with E-state index in [1.54, 1.807) is 18.5 Å². The molecule has 0 aliphatic carbocycles. The summed E-state index contributed by atoms with van der Waals surface area (Å²) in [7, 11) is 1.53. The third kappa shape index (κ3) is 3.30. The lowest BCUT2D eigenvalue weighted by molar-refractivity contribution is 0.405. The number of anilines is 1. The quantitative estimate of drug-likeness (QED) is 0.530. The molecule has 0 aliphatic heterocycles. The lowest BCUT2D eigenvalue weighted by atomic mass is 10.1. The normalized spacial score (nSPS) is 11.4. The molecule has 3 aromatic heterocycles. The van der Waals surface area contributed by atoms with Crippen LogP contribution < -0.4 is 10.1 Å². The smallest absolute Gasteiger partial charge is 0.170 e. The summed E-state index contributed by atoms with van der Waals surface area (Å²) >= 11 is 0. The van der Waals surface area contributed by atoms with Crippen molar-refractivity contribution in [3.8, 4) is 16.9 Å². The first-order valence-corrected chi connectivity index (χ1v) is 9.43. The summed E-state index contributed by atoms with van der Waals surface area (Å²) in [5, 5.41) is 16.1. The Morgan fingerprint density at radius 2 is 2.00 bits per heavy atom. The maximum atomic E-state index is 14.2. The molecule has 0 radical (unpaired) electrons. The summed E-state index contributed by atoms with van der Waals surface area (Å²) in [6.45, 7) is 6.51. The molecule has 0 saturated carbocycles. The first-order chi connectivity index (χ1) is 14.0. The van der Waals surface area contributed by atoms with Gasteiger partial charge in [-0.3, -0.25) is 9.08 Å². The van der Waals surface area contributed by atoms with Crippen LogP contribution in [-0.4, -0.2) is 31.5 Å². The van der Waals surface area contributed by atoms with Gasteiger partial charge in [0, 0.05) is 35.0 Å². The standard InChI is InChI=1S/C21H23FN6O/c1-13(2)28-14(3)16(11-25-28)15-8-9-20(27-12-24-26-21(15)27)23-10-17-18(22)6-5-7-19(17)29-4/h5-9,11-13,23H,10H2,1-4H3. The zero-order valence-electron chi connectivity index (χ0n) is 16.8. The van der Waals surface area contributed by atoms with E-state index in [4.69, 9.17) is 4.74 Å². The van der Waals surface area contributed by atoms with Crippen molar-refractivity contribution in [1.29, 1.82) is 0 Å². The van der Waals surface area contributed by atoms with E-state index < -0.39 is 0 Å². The number of benzene rings is 1. The van der Waals surface area contributed by atoms with Crippen molar-refractivity contribution in [2.75, 3.05) is 12.4 Å². The van der Waals surface area contributed by atoms with Crippen LogP contribution in [0, 0.1) is 12.7 Å². The van der Waals surface area contributed by atoms with E-state index in [1.807, 2.05) is 34.3 Å². The molecule has 150 valence electrons. The number of hydrogen-bond acceptors (Lipinski definition) is 5. The van der Waals surface area contributed by atoms with Gasteiger partial charge in [-0.15, -0.1) is 10.2 Å². The Morgan fingerprint density at radius 1 is 1.17 bits per heavy atom. The van der Waals surface area contributed by atoms with Crippen LogP contribution in [0.25, 0.3) is 16.8 Å². The highest BCUT2D eigenvalue weighted by Crippen LogP contribution is 2.30. The second kappa shape index (κ2) is 7.54. The van der Waals surface area contributed by atoms with Crippen LogP contribution in [0.4, 0.5) is 10.2 Å². The molecular weight excluding hydrogens is 371 g/mol. The number of pyridine rings is 1. The molecule has 0 spiro atoms. The monoisotopic (exact) mass is 394 g/mol. The Kier molecular flexibility index (Phi) is 4.92. The maximum absolute atomic E-state index is 14.2. The summed E-state index contributed by atoms with van der Waals surface area (Å²) in [5.74, 6) is 0.948. The van der Waals surface area contributed by atoms with Gasteiger partial charge in [-0.05, 0) is 45.0 Å². The Bertz CT molecular complexity index is 1160. The summed E-state index contributed by atoms with van der Waals surface area (Å²) in [6, 6.07) is 8.99. The van der Waals surface area contributed by atoms with Gasteiger partial charge in [-0.25, -0.2) is 4.39 Å². The molecule has 4 aromatic rings. The van der Waals surface area contributed by atoms with Crippen LogP contribution in [0.3, 0.4) is 0 Å². The number of nitrogens with zero attached hydrogens (tertiary/aromatic N) is 5. The predicted molar refractivity (Wildman–Crippen MR) is 110 cm³/mol. The Morgan fingerprint density at radius 3 is 2.72 bits per heavy atom. The van der Waals surface area contributed by atoms with Crippen LogP contribution in [0.2, 0.25) is 0 Å². The Hall–Kier alpha value is -3.42. The third-order valence-corrected chi connectivity index (χ3v) is 5.02. The number of hydrogen-bond donors (Lipinski definition) is 1. The highest BCUT2D eigenvalue weighted by atomic mass is 19.1. The number of nitrogens with one attached hydrogen (secondary N) is 1. The molecule has 7 nitrogen and oxygen atoms in total. The third-order valence-electron chi connectivity index (χ3n) is 5.02. The minimum atomic E-state index is -0.315. The van der Waals surface area contributed by atoms with Gasteiger partial charge in [0.2, 0.25) is 0 Å². The van der Waals surface area contributed by atoms with E-state index in [0.29, 0.717) is 17.0 Å². The molecule has 0 amide bonds. The lowest BCUT2D eigenvalue weighted by Crippen LogP contribution is -2.07. The zero-order valence-corrected chi connectivity index (χ0v) is 16.8. The second-order valence-corrected chi connectivity index (χ2v) is 7.11. The minimum Gasteiger partial charge on any atom is -0.496 e. The number of rotatable bonds is 6. The van der Waals surface area contributed by atoms with E-state index in [2.05, 4.69) is 34.5 Å². The van der Waals surface area contributed by atoms with Crippen LogP contribution in [0.1, 0.15) is 31.1 Å². The van der Waals surface area contributed by atoms with Crippen molar-refractivity contribution >= 4 is 11.5 Å². The van der Waals surface area contributed by atoms with Gasteiger partial charge in [0.05, 0.1) is 13.3 Å². The number of ether oxygens (including phenoxy) is 1. The van der Waals surface area contributed by atoms with Crippen molar-refractivity contribution in [3.63, 3.8) is 0 Å². The number of aromatic nitrogens is 5. The van der Waals surface area contributed by atoms with Crippen LogP contribution >= 0.6 is 0 Å². The molecule has 1 N–H and O–H groups in total. The van der Waals surface area contributed by atoms with Gasteiger partial charge in [-0.2, -0.15) is 5.10 Å². The first kappa shape index (κ1) is 18.9. The molecule has 1 aromatic carbocycles. The predicted octanol–water partition coefficient (Wildman–Crippen LogP) is 4.24. The van der Waals surface area contributed by atoms with E-state index in [0.717, 1.165) is 22.6 Å². The second-order valence-electron chi connectivity index (χ2n) is 7.11. The summed E-state index contributed by atoms with van der Waals surface area (Å²) in [5.41, 5.74) is 4.21.